The van der Waals surface area contributed by atoms with Crippen LogP contribution in [0.1, 0.15) is 44.0 Å². The second-order valence-electron chi connectivity index (χ2n) is 5.91. The van der Waals surface area contributed by atoms with Crippen LogP contribution in [0.15, 0.2) is 0 Å². The number of amides is 1. The number of anilines is 1. The van der Waals surface area contributed by atoms with Gasteiger partial charge in [-0.3, -0.25) is 4.79 Å². The maximum absolute atomic E-state index is 12.0. The van der Waals surface area contributed by atoms with Crippen molar-refractivity contribution in [1.82, 2.24) is 15.5 Å². The number of alkyl halides is 2. The summed E-state index contributed by atoms with van der Waals surface area (Å²) in [5.74, 6) is 0.352. The lowest BCUT2D eigenvalue weighted by atomic mass is 9.93. The molecule has 0 spiro atoms. The largest absolute Gasteiger partial charge is 0.350 e. The molecule has 1 fully saturated rings. The van der Waals surface area contributed by atoms with Gasteiger partial charge in [0.25, 0.3) is 6.43 Å². The van der Waals surface area contributed by atoms with Gasteiger partial charge in [-0.15, -0.1) is 10.2 Å². The minimum absolute atomic E-state index is 0.256. The molecule has 0 atom stereocenters. The molecule has 1 amide bonds. The van der Waals surface area contributed by atoms with Crippen LogP contribution in [0.25, 0.3) is 0 Å². The Morgan fingerprint density at radius 1 is 1.36 bits per heavy atom. The van der Waals surface area contributed by atoms with Gasteiger partial charge in [0.1, 0.15) is 5.01 Å². The Hall–Kier alpha value is -1.31. The molecular weight excluding hydrogens is 310 g/mol. The van der Waals surface area contributed by atoms with Crippen molar-refractivity contribution in [1.29, 1.82) is 0 Å². The number of nitrogens with zero attached hydrogens (tertiary/aromatic N) is 3. The predicted octanol–water partition coefficient (Wildman–Crippen LogP) is 2.65. The first kappa shape index (κ1) is 17.1. The highest BCUT2D eigenvalue weighted by Gasteiger charge is 2.24. The average Bonchev–Trinajstić information content (AvgIpc) is 2.96. The Labute approximate surface area is 133 Å². The van der Waals surface area contributed by atoms with Gasteiger partial charge < -0.3 is 10.2 Å². The highest BCUT2D eigenvalue weighted by Crippen LogP contribution is 2.29. The first-order valence-corrected chi connectivity index (χ1v) is 8.40. The average molecular weight is 332 g/mol. The number of carbonyl (C=O) groups is 1. The Morgan fingerprint density at radius 2 is 2.05 bits per heavy atom. The normalized spacial score (nSPS) is 16.5. The molecular formula is C14H22F2N4OS. The summed E-state index contributed by atoms with van der Waals surface area (Å²) in [4.78, 5) is 13.8. The van der Waals surface area contributed by atoms with E-state index in [4.69, 9.17) is 0 Å². The number of hydrogen-bond acceptors (Lipinski definition) is 5. The smallest absolute Gasteiger partial charge is 0.255 e. The van der Waals surface area contributed by atoms with Gasteiger partial charge in [-0.25, -0.2) is 8.78 Å². The molecule has 0 unspecified atom stereocenters. The number of carbonyl (C=O) groups excluding carboxylic acids is 1. The van der Waals surface area contributed by atoms with Gasteiger partial charge in [0.15, 0.2) is 0 Å². The molecule has 0 aromatic carbocycles. The Balaban J connectivity index is 1.76. The number of hydrogen-bond donors (Lipinski definition) is 1. The lowest BCUT2D eigenvalue weighted by Crippen LogP contribution is -2.36. The zero-order valence-electron chi connectivity index (χ0n) is 12.9. The van der Waals surface area contributed by atoms with Crippen LogP contribution in [0.4, 0.5) is 13.9 Å². The first-order valence-electron chi connectivity index (χ1n) is 7.59. The highest BCUT2D eigenvalue weighted by molar-refractivity contribution is 7.15. The molecule has 8 heteroatoms. The number of halogens is 2. The summed E-state index contributed by atoms with van der Waals surface area (Å²) in [5.41, 5.74) is 0. The van der Waals surface area contributed by atoms with Crippen LogP contribution in [0.3, 0.4) is 0 Å². The lowest BCUT2D eigenvalue weighted by Gasteiger charge is -2.31. The van der Waals surface area contributed by atoms with E-state index in [1.807, 2.05) is 0 Å². The van der Waals surface area contributed by atoms with Crippen molar-refractivity contribution in [3.05, 3.63) is 5.01 Å². The third-order valence-electron chi connectivity index (χ3n) is 3.74. The zero-order valence-corrected chi connectivity index (χ0v) is 13.7. The Morgan fingerprint density at radius 3 is 2.59 bits per heavy atom. The fraction of sp³-hybridized carbons (Fsp3) is 0.786. The van der Waals surface area contributed by atoms with Gasteiger partial charge in [-0.05, 0) is 18.8 Å². The van der Waals surface area contributed by atoms with Crippen LogP contribution in [-0.2, 0) is 4.79 Å². The summed E-state index contributed by atoms with van der Waals surface area (Å²) in [6, 6.07) is 0. The van der Waals surface area contributed by atoms with E-state index < -0.39 is 13.0 Å². The second-order valence-corrected chi connectivity index (χ2v) is 6.89. The zero-order chi connectivity index (χ0) is 16.1. The van der Waals surface area contributed by atoms with E-state index in [0.717, 1.165) is 36.1 Å². The number of nitrogens with one attached hydrogen (secondary N) is 1. The molecule has 1 aliphatic heterocycles. The predicted molar refractivity (Wildman–Crippen MR) is 82.6 cm³/mol. The fourth-order valence-electron chi connectivity index (χ4n) is 2.44. The summed E-state index contributed by atoms with van der Waals surface area (Å²) in [7, 11) is 0. The molecule has 0 aliphatic carbocycles. The monoisotopic (exact) mass is 332 g/mol. The van der Waals surface area contributed by atoms with Crippen molar-refractivity contribution >= 4 is 22.4 Å². The van der Waals surface area contributed by atoms with Crippen molar-refractivity contribution in [2.24, 2.45) is 5.92 Å². The molecule has 0 saturated carbocycles. The van der Waals surface area contributed by atoms with Crippen LogP contribution in [0.2, 0.25) is 0 Å². The highest BCUT2D eigenvalue weighted by atomic mass is 32.1. The molecule has 2 rings (SSSR count). The summed E-state index contributed by atoms with van der Waals surface area (Å²) < 4.78 is 24.1. The summed E-state index contributed by atoms with van der Waals surface area (Å²) >= 11 is 1.62. The lowest BCUT2D eigenvalue weighted by molar-refractivity contribution is -0.122. The van der Waals surface area contributed by atoms with E-state index in [1.165, 1.54) is 0 Å². The molecule has 1 aliphatic rings. The number of aromatic nitrogens is 2. The van der Waals surface area contributed by atoms with Gasteiger partial charge in [-0.2, -0.15) is 0 Å². The third-order valence-corrected chi connectivity index (χ3v) is 5.02. The van der Waals surface area contributed by atoms with E-state index in [0.29, 0.717) is 12.3 Å². The van der Waals surface area contributed by atoms with Gasteiger partial charge >= 0.3 is 0 Å². The minimum atomic E-state index is -2.49. The van der Waals surface area contributed by atoms with Gasteiger partial charge in [0.05, 0.1) is 6.54 Å². The second kappa shape index (κ2) is 7.80. The molecule has 124 valence electrons. The van der Waals surface area contributed by atoms with Gasteiger partial charge in [-0.1, -0.05) is 25.2 Å². The molecule has 2 heterocycles. The molecule has 1 N–H and O–H groups in total. The van der Waals surface area contributed by atoms with Crippen LogP contribution < -0.4 is 10.2 Å². The van der Waals surface area contributed by atoms with Crippen molar-refractivity contribution in [3.8, 4) is 0 Å². The van der Waals surface area contributed by atoms with Crippen LogP contribution in [0.5, 0.6) is 0 Å². The van der Waals surface area contributed by atoms with Crippen LogP contribution in [0, 0.1) is 5.92 Å². The topological polar surface area (TPSA) is 58.1 Å². The maximum Gasteiger partial charge on any atom is 0.255 e. The van der Waals surface area contributed by atoms with E-state index in [9.17, 15) is 13.6 Å². The number of rotatable bonds is 6. The van der Waals surface area contributed by atoms with Crippen molar-refractivity contribution in [2.75, 3.05) is 24.5 Å². The molecule has 0 radical (unpaired) electrons. The van der Waals surface area contributed by atoms with E-state index >= 15 is 0 Å². The SMILES string of the molecule is CC(C)c1nnc(N2CCC(CC(=O)NCC(F)F)CC2)s1. The Bertz CT molecular complexity index is 487. The summed E-state index contributed by atoms with van der Waals surface area (Å²) in [6.45, 7) is 5.29. The van der Waals surface area contributed by atoms with E-state index in [-0.39, 0.29) is 11.8 Å². The van der Waals surface area contributed by atoms with Crippen LogP contribution >= 0.6 is 11.3 Å². The maximum atomic E-state index is 12.0. The molecule has 1 aromatic rings. The minimum Gasteiger partial charge on any atom is -0.350 e. The molecule has 22 heavy (non-hydrogen) atoms. The van der Waals surface area contributed by atoms with Gasteiger partial charge in [0.2, 0.25) is 11.0 Å². The fourth-order valence-corrected chi connectivity index (χ4v) is 3.34. The van der Waals surface area contributed by atoms with Crippen molar-refractivity contribution < 1.29 is 13.6 Å². The van der Waals surface area contributed by atoms with Gasteiger partial charge in [0, 0.05) is 25.4 Å². The third kappa shape index (κ3) is 4.86. The first-order chi connectivity index (χ1) is 10.5. The van der Waals surface area contributed by atoms with Crippen LogP contribution in [-0.4, -0.2) is 42.2 Å². The summed E-state index contributed by atoms with van der Waals surface area (Å²) in [5, 5.41) is 12.6. The van der Waals surface area contributed by atoms with Crippen molar-refractivity contribution in [2.45, 2.75) is 45.5 Å². The van der Waals surface area contributed by atoms with E-state index in [2.05, 4.69) is 34.3 Å². The molecule has 0 bridgehead atoms. The standard InChI is InChI=1S/C14H22F2N4OS/c1-9(2)13-18-19-14(22-13)20-5-3-10(4-6-20)7-12(21)17-8-11(15)16/h9-11H,3-8H2,1-2H3,(H,17,21). The van der Waals surface area contributed by atoms with Crippen molar-refractivity contribution in [3.63, 3.8) is 0 Å². The van der Waals surface area contributed by atoms with E-state index in [1.54, 1.807) is 11.3 Å². The quantitative estimate of drug-likeness (QED) is 0.870. The molecule has 1 saturated heterocycles. The number of piperidine rings is 1. The Kier molecular flexibility index (Phi) is 6.05. The molecule has 5 nitrogen and oxygen atoms in total. The summed E-state index contributed by atoms with van der Waals surface area (Å²) in [6.07, 6.45) is -0.413. The molecule has 1 aromatic heterocycles.